The third kappa shape index (κ3) is 16.7. The van der Waals surface area contributed by atoms with Crippen molar-refractivity contribution in [3.63, 3.8) is 0 Å². The first kappa shape index (κ1) is 25.6. The maximum Gasteiger partial charge on any atom is 1.00 e. The Balaban J connectivity index is -0.000000273. The molecule has 3 nitrogen and oxygen atoms in total. The van der Waals surface area contributed by atoms with Gasteiger partial charge in [0.2, 0.25) is 0 Å². The van der Waals surface area contributed by atoms with Gasteiger partial charge in [-0.25, -0.2) is 0 Å². The predicted octanol–water partition coefficient (Wildman–Crippen LogP) is 0.518. The minimum Gasteiger partial charge on any atom is -0.542 e. The fraction of sp³-hybridized carbons (Fsp3) is 0.688. The summed E-state index contributed by atoms with van der Waals surface area (Å²) in [7, 11) is 1.88. The minimum atomic E-state index is 0. The third-order valence-electron chi connectivity index (χ3n) is 2.42. The summed E-state index contributed by atoms with van der Waals surface area (Å²) in [6.07, 6.45) is 9.76. The molecule has 0 atom stereocenters. The zero-order chi connectivity index (χ0) is 14.9. The number of carbonyl (C=O) groups excluding carboxylic acids is 1. The fourth-order valence-electron chi connectivity index (χ4n) is 1.49. The van der Waals surface area contributed by atoms with Crippen LogP contribution in [0.3, 0.4) is 0 Å². The van der Waals surface area contributed by atoms with Crippen LogP contribution < -0.4 is 56.7 Å². The summed E-state index contributed by atoms with van der Waals surface area (Å²) in [4.78, 5) is 13.5. The molecule has 1 saturated heterocycles. The topological polar surface area (TPSA) is 41.5 Å². The molecular weight excluding hydrogens is 275 g/mol. The second-order valence-corrected chi connectivity index (χ2v) is 4.24. The molecule has 0 spiro atoms. The number of allylic oxidation sites excluding steroid dienone is 1. The monoisotopic (exact) mass is 305 g/mol. The first-order chi connectivity index (χ1) is 9.21. The van der Waals surface area contributed by atoms with Crippen molar-refractivity contribution in [2.75, 3.05) is 20.1 Å². The molecule has 0 aromatic heterocycles. The van der Waals surface area contributed by atoms with Gasteiger partial charge in [0.25, 0.3) is 0 Å². The smallest absolute Gasteiger partial charge is 0.542 e. The summed E-state index contributed by atoms with van der Waals surface area (Å²) in [6, 6.07) is 0. The van der Waals surface area contributed by atoms with E-state index in [9.17, 15) is 4.79 Å². The summed E-state index contributed by atoms with van der Waals surface area (Å²) in [6.45, 7) is 10.1. The van der Waals surface area contributed by atoms with Gasteiger partial charge in [-0.1, -0.05) is 19.4 Å². The Morgan fingerprint density at radius 2 is 2.05 bits per heavy atom. The summed E-state index contributed by atoms with van der Waals surface area (Å²) >= 11 is 0. The SMILES string of the molecule is C/C=C1/CNCCCC1=NC.CCC[C-]=O.C[CH-]C.[K+]. The van der Waals surface area contributed by atoms with Crippen LogP contribution in [0.15, 0.2) is 16.6 Å². The molecule has 4 heteroatoms. The molecule has 0 aromatic carbocycles. The molecule has 1 fully saturated rings. The molecule has 0 bridgehead atoms. The molecule has 0 aliphatic carbocycles. The summed E-state index contributed by atoms with van der Waals surface area (Å²) in [5, 5.41) is 3.36. The number of unbranched alkanes of at least 4 members (excludes halogenated alkanes) is 1. The Hall–Kier alpha value is 0.676. The van der Waals surface area contributed by atoms with Crippen molar-refractivity contribution >= 4 is 12.0 Å². The molecule has 1 aliphatic heterocycles. The van der Waals surface area contributed by atoms with Crippen LogP contribution in [-0.2, 0) is 4.79 Å². The van der Waals surface area contributed by atoms with E-state index in [1.807, 2.05) is 34.2 Å². The number of aliphatic imine (C=N–C) groups is 1. The minimum absolute atomic E-state index is 0. The quantitative estimate of drug-likeness (QED) is 0.597. The van der Waals surface area contributed by atoms with E-state index in [4.69, 9.17) is 0 Å². The van der Waals surface area contributed by atoms with Gasteiger partial charge in [-0.15, -0.1) is 0 Å². The van der Waals surface area contributed by atoms with Crippen molar-refractivity contribution in [3.05, 3.63) is 18.1 Å². The van der Waals surface area contributed by atoms with Crippen LogP contribution in [0.4, 0.5) is 0 Å². The second-order valence-electron chi connectivity index (χ2n) is 4.24. The zero-order valence-corrected chi connectivity index (χ0v) is 17.4. The van der Waals surface area contributed by atoms with Gasteiger partial charge in [0.1, 0.15) is 0 Å². The van der Waals surface area contributed by atoms with Gasteiger partial charge in [0, 0.05) is 19.3 Å². The fourth-order valence-corrected chi connectivity index (χ4v) is 1.49. The standard InChI is InChI=1S/C9H16N2.C4H7O.C3H7.K/c1-3-8-7-11-6-4-5-9(8)10-2;1-2-3-4-5;1-3-2;/h3,11H,4-7H2,1-2H3;2-3H2,1H3;3H,1-2H3;/q;2*-1;+1/b8-3-,10-9?;;;. The molecule has 0 aromatic rings. The van der Waals surface area contributed by atoms with Crippen LogP contribution in [-0.4, -0.2) is 32.1 Å². The first-order valence-corrected chi connectivity index (χ1v) is 7.12. The Bertz CT molecular complexity index is 243. The summed E-state index contributed by atoms with van der Waals surface area (Å²) in [5.74, 6) is 0. The number of nitrogens with zero attached hydrogens (tertiary/aromatic N) is 1. The summed E-state index contributed by atoms with van der Waals surface area (Å²) < 4.78 is 0. The van der Waals surface area contributed by atoms with E-state index in [-0.39, 0.29) is 51.4 Å². The van der Waals surface area contributed by atoms with Crippen LogP contribution in [0.5, 0.6) is 0 Å². The number of hydrogen-bond donors (Lipinski definition) is 1. The van der Waals surface area contributed by atoms with Gasteiger partial charge in [-0.05, 0) is 31.9 Å². The zero-order valence-electron chi connectivity index (χ0n) is 14.3. The van der Waals surface area contributed by atoms with E-state index in [0.29, 0.717) is 6.42 Å². The van der Waals surface area contributed by atoms with E-state index in [2.05, 4.69) is 23.3 Å². The Labute approximate surface area is 168 Å². The molecule has 0 radical (unpaired) electrons. The Morgan fingerprint density at radius 1 is 1.45 bits per heavy atom. The van der Waals surface area contributed by atoms with Gasteiger partial charge in [0.05, 0.1) is 0 Å². The molecule has 112 valence electrons. The van der Waals surface area contributed by atoms with E-state index < -0.39 is 0 Å². The van der Waals surface area contributed by atoms with Crippen molar-refractivity contribution < 1.29 is 56.2 Å². The second kappa shape index (κ2) is 22.0. The normalized spacial score (nSPS) is 17.9. The molecule has 1 N–H and O–H groups in total. The van der Waals surface area contributed by atoms with E-state index >= 15 is 0 Å². The molecule has 20 heavy (non-hydrogen) atoms. The van der Waals surface area contributed by atoms with Crippen LogP contribution in [0.1, 0.15) is 53.4 Å². The molecule has 0 unspecified atom stereocenters. The van der Waals surface area contributed by atoms with Crippen molar-refractivity contribution in [2.24, 2.45) is 4.99 Å². The maximum absolute atomic E-state index is 9.28. The average Bonchev–Trinajstić information content (AvgIpc) is 2.65. The summed E-state index contributed by atoms with van der Waals surface area (Å²) in [5.41, 5.74) is 2.64. The van der Waals surface area contributed by atoms with Gasteiger partial charge in [0.15, 0.2) is 0 Å². The number of rotatable bonds is 2. The largest absolute Gasteiger partial charge is 1.00 e. The van der Waals surface area contributed by atoms with Crippen molar-refractivity contribution in [1.82, 2.24) is 5.32 Å². The molecule has 0 amide bonds. The van der Waals surface area contributed by atoms with E-state index in [1.54, 1.807) is 6.29 Å². The number of nitrogens with one attached hydrogen (secondary N) is 1. The van der Waals surface area contributed by atoms with Crippen LogP contribution >= 0.6 is 0 Å². The predicted molar refractivity (Wildman–Crippen MR) is 85.5 cm³/mol. The Kier molecular flexibility index (Phi) is 28.1. The van der Waals surface area contributed by atoms with E-state index in [0.717, 1.165) is 25.9 Å². The molecular formula is C16H30KN2O-. The van der Waals surface area contributed by atoms with Gasteiger partial charge < -0.3 is 16.5 Å². The first-order valence-electron chi connectivity index (χ1n) is 7.12. The molecule has 1 heterocycles. The van der Waals surface area contributed by atoms with Gasteiger partial charge >= 0.3 is 51.4 Å². The maximum atomic E-state index is 9.28. The Morgan fingerprint density at radius 3 is 2.40 bits per heavy atom. The molecule has 1 rings (SSSR count). The number of hydrogen-bond acceptors (Lipinski definition) is 3. The van der Waals surface area contributed by atoms with Crippen LogP contribution in [0.25, 0.3) is 0 Å². The van der Waals surface area contributed by atoms with E-state index in [1.165, 1.54) is 17.7 Å². The van der Waals surface area contributed by atoms with Gasteiger partial charge in [-0.2, -0.15) is 20.3 Å². The molecule has 0 saturated carbocycles. The average molecular weight is 306 g/mol. The van der Waals surface area contributed by atoms with Crippen LogP contribution in [0.2, 0.25) is 0 Å². The van der Waals surface area contributed by atoms with Crippen molar-refractivity contribution in [2.45, 2.75) is 53.4 Å². The third-order valence-corrected chi connectivity index (χ3v) is 2.42. The van der Waals surface area contributed by atoms with Gasteiger partial charge in [-0.3, -0.25) is 11.3 Å². The van der Waals surface area contributed by atoms with Crippen molar-refractivity contribution in [1.29, 1.82) is 0 Å². The van der Waals surface area contributed by atoms with Crippen molar-refractivity contribution in [3.8, 4) is 0 Å². The molecule has 1 aliphatic rings. The van der Waals surface area contributed by atoms with Crippen LogP contribution in [0, 0.1) is 6.42 Å².